The minimum atomic E-state index is -0.948. The third kappa shape index (κ3) is 4.16. The minimum absolute atomic E-state index is 0.248. The second-order valence-corrected chi connectivity index (χ2v) is 6.55. The predicted octanol–water partition coefficient (Wildman–Crippen LogP) is 3.99. The number of aldehydes is 1. The summed E-state index contributed by atoms with van der Waals surface area (Å²) >= 11 is 4.25. The molecule has 0 atom stereocenters. The van der Waals surface area contributed by atoms with Crippen molar-refractivity contribution in [3.05, 3.63) is 60.2 Å². The van der Waals surface area contributed by atoms with Crippen molar-refractivity contribution in [1.29, 1.82) is 0 Å². The van der Waals surface area contributed by atoms with Crippen LogP contribution in [-0.2, 0) is 6.61 Å². The van der Waals surface area contributed by atoms with Gasteiger partial charge in [-0.2, -0.15) is 0 Å². The molecule has 0 unspecified atom stereocenters. The summed E-state index contributed by atoms with van der Waals surface area (Å²) in [6.45, 7) is 0.340. The largest absolute Gasteiger partial charge is 0.487 e. The lowest BCUT2D eigenvalue weighted by Gasteiger charge is -2.11. The Morgan fingerprint density at radius 2 is 1.71 bits per heavy atom. The van der Waals surface area contributed by atoms with Gasteiger partial charge in [0, 0.05) is 5.56 Å². The zero-order valence-corrected chi connectivity index (χ0v) is 15.0. The van der Waals surface area contributed by atoms with Crippen molar-refractivity contribution in [2.45, 2.75) is 6.61 Å². The average molecular weight is 508 g/mol. The molecule has 6 heteroatoms. The van der Waals surface area contributed by atoms with Crippen LogP contribution in [0.1, 0.15) is 26.3 Å². The number of carboxylic acids is 1. The average Bonchev–Trinajstić information content (AvgIpc) is 2.46. The third-order valence-electron chi connectivity index (χ3n) is 2.74. The van der Waals surface area contributed by atoms with E-state index in [0.29, 0.717) is 12.2 Å². The standard InChI is InChI=1S/C15H10I2O4/c16-12-5-10(7-18)6-13(17)14(12)21-8-9-1-3-11(4-2-9)15(19)20/h1-7H,8H2,(H,19,20). The number of hydrogen-bond donors (Lipinski definition) is 1. The Kier molecular flexibility index (Phi) is 5.57. The summed E-state index contributed by atoms with van der Waals surface area (Å²) in [6, 6.07) is 10.1. The molecule has 0 fully saturated rings. The van der Waals surface area contributed by atoms with Crippen LogP contribution in [0.15, 0.2) is 36.4 Å². The molecule has 0 saturated heterocycles. The number of halogens is 2. The van der Waals surface area contributed by atoms with Crippen LogP contribution < -0.4 is 4.74 Å². The predicted molar refractivity (Wildman–Crippen MR) is 95.0 cm³/mol. The SMILES string of the molecule is O=Cc1cc(I)c(OCc2ccc(C(=O)O)cc2)c(I)c1. The van der Waals surface area contributed by atoms with E-state index in [1.165, 1.54) is 0 Å². The fraction of sp³-hybridized carbons (Fsp3) is 0.0667. The molecule has 0 aromatic heterocycles. The van der Waals surface area contributed by atoms with Crippen LogP contribution in [0, 0.1) is 7.14 Å². The van der Waals surface area contributed by atoms with Crippen LogP contribution in [0.4, 0.5) is 0 Å². The van der Waals surface area contributed by atoms with Gasteiger partial charge in [0.1, 0.15) is 18.6 Å². The molecule has 4 nitrogen and oxygen atoms in total. The summed E-state index contributed by atoms with van der Waals surface area (Å²) in [7, 11) is 0. The lowest BCUT2D eigenvalue weighted by atomic mass is 10.1. The van der Waals surface area contributed by atoms with Gasteiger partial charge in [0.05, 0.1) is 12.7 Å². The molecular formula is C15H10I2O4. The van der Waals surface area contributed by atoms with Gasteiger partial charge in [-0.1, -0.05) is 12.1 Å². The van der Waals surface area contributed by atoms with Crippen LogP contribution in [0.2, 0.25) is 0 Å². The zero-order chi connectivity index (χ0) is 15.4. The summed E-state index contributed by atoms with van der Waals surface area (Å²) < 4.78 is 7.50. The zero-order valence-electron chi connectivity index (χ0n) is 10.7. The van der Waals surface area contributed by atoms with Gasteiger partial charge in [0.15, 0.2) is 0 Å². The van der Waals surface area contributed by atoms with E-state index in [4.69, 9.17) is 9.84 Å². The molecule has 0 heterocycles. The Morgan fingerprint density at radius 1 is 1.14 bits per heavy atom. The van der Waals surface area contributed by atoms with Crippen molar-refractivity contribution >= 4 is 57.4 Å². The van der Waals surface area contributed by atoms with Crippen molar-refractivity contribution in [3.8, 4) is 5.75 Å². The molecule has 21 heavy (non-hydrogen) atoms. The quantitative estimate of drug-likeness (QED) is 0.491. The van der Waals surface area contributed by atoms with Crippen LogP contribution in [0.3, 0.4) is 0 Å². The van der Waals surface area contributed by atoms with Gasteiger partial charge in [-0.05, 0) is 75.0 Å². The van der Waals surface area contributed by atoms with Crippen LogP contribution in [0.5, 0.6) is 5.75 Å². The summed E-state index contributed by atoms with van der Waals surface area (Å²) in [5, 5.41) is 8.84. The van der Waals surface area contributed by atoms with E-state index in [9.17, 15) is 9.59 Å². The van der Waals surface area contributed by atoms with Crippen molar-refractivity contribution in [2.24, 2.45) is 0 Å². The Bertz CT molecular complexity index is 658. The number of carbonyl (C=O) groups is 2. The first-order valence-electron chi connectivity index (χ1n) is 5.90. The van der Waals surface area contributed by atoms with Gasteiger partial charge in [0.25, 0.3) is 0 Å². The third-order valence-corrected chi connectivity index (χ3v) is 4.34. The van der Waals surface area contributed by atoms with Crippen molar-refractivity contribution in [2.75, 3.05) is 0 Å². The van der Waals surface area contributed by atoms with E-state index in [1.807, 2.05) is 0 Å². The molecule has 108 valence electrons. The number of carboxylic acid groups (broad SMARTS) is 1. The maximum absolute atomic E-state index is 10.8. The first-order chi connectivity index (χ1) is 10.0. The molecule has 0 radical (unpaired) electrons. The summed E-state index contributed by atoms with van der Waals surface area (Å²) in [5.74, 6) is -0.222. The molecule has 0 aliphatic heterocycles. The maximum Gasteiger partial charge on any atom is 0.335 e. The number of rotatable bonds is 5. The van der Waals surface area contributed by atoms with Gasteiger partial charge >= 0.3 is 5.97 Å². The number of ether oxygens (including phenoxy) is 1. The number of benzene rings is 2. The van der Waals surface area contributed by atoms with Gasteiger partial charge < -0.3 is 9.84 Å². The fourth-order valence-corrected chi connectivity index (χ4v) is 3.81. The van der Waals surface area contributed by atoms with Gasteiger partial charge in [-0.3, -0.25) is 4.79 Å². The van der Waals surface area contributed by atoms with E-state index in [0.717, 1.165) is 24.7 Å². The topological polar surface area (TPSA) is 63.6 Å². The lowest BCUT2D eigenvalue weighted by Crippen LogP contribution is -2.01. The molecule has 2 rings (SSSR count). The second kappa shape index (κ2) is 7.21. The van der Waals surface area contributed by atoms with Gasteiger partial charge in [-0.25, -0.2) is 4.79 Å². The van der Waals surface area contributed by atoms with E-state index in [1.54, 1.807) is 36.4 Å². The van der Waals surface area contributed by atoms with Crippen molar-refractivity contribution < 1.29 is 19.4 Å². The van der Waals surface area contributed by atoms with Crippen LogP contribution in [-0.4, -0.2) is 17.4 Å². The molecule has 0 bridgehead atoms. The monoisotopic (exact) mass is 508 g/mol. The maximum atomic E-state index is 10.8. The Morgan fingerprint density at radius 3 is 2.19 bits per heavy atom. The Hall–Kier alpha value is -1.16. The van der Waals surface area contributed by atoms with Gasteiger partial charge in [0.2, 0.25) is 0 Å². The van der Waals surface area contributed by atoms with Crippen molar-refractivity contribution in [1.82, 2.24) is 0 Å². The highest BCUT2D eigenvalue weighted by Gasteiger charge is 2.09. The normalized spacial score (nSPS) is 10.2. The molecule has 0 saturated carbocycles. The highest BCUT2D eigenvalue weighted by atomic mass is 127. The molecule has 0 spiro atoms. The first kappa shape index (κ1) is 16.2. The highest BCUT2D eigenvalue weighted by Crippen LogP contribution is 2.29. The first-order valence-corrected chi connectivity index (χ1v) is 8.06. The molecule has 1 N–H and O–H groups in total. The molecule has 0 amide bonds. The van der Waals surface area contributed by atoms with E-state index < -0.39 is 5.97 Å². The van der Waals surface area contributed by atoms with Crippen molar-refractivity contribution in [3.63, 3.8) is 0 Å². The number of carbonyl (C=O) groups excluding carboxylic acids is 1. The van der Waals surface area contributed by atoms with Crippen LogP contribution in [0.25, 0.3) is 0 Å². The fourth-order valence-electron chi connectivity index (χ4n) is 1.68. The minimum Gasteiger partial charge on any atom is -0.487 e. The smallest absolute Gasteiger partial charge is 0.335 e. The van der Waals surface area contributed by atoms with E-state index in [2.05, 4.69) is 45.2 Å². The molecule has 0 aliphatic rings. The number of aromatic carboxylic acids is 1. The van der Waals surface area contributed by atoms with E-state index in [-0.39, 0.29) is 5.56 Å². The summed E-state index contributed by atoms with van der Waals surface area (Å²) in [5.41, 5.74) is 1.74. The molecule has 2 aromatic carbocycles. The number of hydrogen-bond acceptors (Lipinski definition) is 3. The lowest BCUT2D eigenvalue weighted by molar-refractivity contribution is 0.0696. The highest BCUT2D eigenvalue weighted by molar-refractivity contribution is 14.1. The van der Waals surface area contributed by atoms with Gasteiger partial charge in [-0.15, -0.1) is 0 Å². The molecule has 0 aliphatic carbocycles. The second-order valence-electron chi connectivity index (χ2n) is 4.22. The van der Waals surface area contributed by atoms with Crippen LogP contribution >= 0.6 is 45.2 Å². The molecular weight excluding hydrogens is 498 g/mol. The molecule has 2 aromatic rings. The summed E-state index contributed by atoms with van der Waals surface area (Å²) in [6.07, 6.45) is 0.804. The van der Waals surface area contributed by atoms with E-state index >= 15 is 0 Å². The Balaban J connectivity index is 2.13. The Labute approximate surface area is 148 Å². The summed E-state index contributed by atoms with van der Waals surface area (Å²) in [4.78, 5) is 21.6.